The Morgan fingerprint density at radius 2 is 1.80 bits per heavy atom. The molecule has 1 heterocycles. The van der Waals surface area contributed by atoms with Gasteiger partial charge in [-0.2, -0.15) is 0 Å². The summed E-state index contributed by atoms with van der Waals surface area (Å²) in [6, 6.07) is 9.26. The molecular formula is C13H17N3O3S. The van der Waals surface area contributed by atoms with Crippen molar-refractivity contribution in [3.05, 3.63) is 47.9 Å². The molecule has 0 radical (unpaired) electrons. The third-order valence-corrected chi connectivity index (χ3v) is 4.41. The molecule has 0 saturated heterocycles. The molecule has 20 heavy (non-hydrogen) atoms. The molecule has 0 aliphatic heterocycles. The Labute approximate surface area is 118 Å². The predicted molar refractivity (Wildman–Crippen MR) is 76.4 cm³/mol. The van der Waals surface area contributed by atoms with Crippen LogP contribution in [0.1, 0.15) is 24.5 Å². The first-order valence-electron chi connectivity index (χ1n) is 6.08. The van der Waals surface area contributed by atoms with E-state index in [9.17, 15) is 8.42 Å². The molecule has 0 aliphatic carbocycles. The molecule has 1 aromatic heterocycles. The van der Waals surface area contributed by atoms with Crippen molar-refractivity contribution in [2.24, 2.45) is 5.84 Å². The van der Waals surface area contributed by atoms with Crippen LogP contribution in [0.2, 0.25) is 0 Å². The minimum atomic E-state index is -3.60. The van der Waals surface area contributed by atoms with Crippen LogP contribution in [0.25, 0.3) is 0 Å². The van der Waals surface area contributed by atoms with Gasteiger partial charge in [0.1, 0.15) is 11.5 Å². The van der Waals surface area contributed by atoms with Gasteiger partial charge in [-0.15, -0.1) is 0 Å². The van der Waals surface area contributed by atoms with Crippen molar-refractivity contribution in [1.82, 2.24) is 4.72 Å². The van der Waals surface area contributed by atoms with Gasteiger partial charge < -0.3 is 9.84 Å². The van der Waals surface area contributed by atoms with E-state index in [1.54, 1.807) is 31.2 Å². The number of aryl methyl sites for hydroxylation is 1. The van der Waals surface area contributed by atoms with Gasteiger partial charge in [-0.3, -0.25) is 5.84 Å². The van der Waals surface area contributed by atoms with Gasteiger partial charge >= 0.3 is 0 Å². The van der Waals surface area contributed by atoms with Gasteiger partial charge in [-0.25, -0.2) is 13.1 Å². The number of rotatable bonds is 5. The third kappa shape index (κ3) is 3.19. The van der Waals surface area contributed by atoms with Crippen molar-refractivity contribution >= 4 is 15.7 Å². The van der Waals surface area contributed by atoms with Crippen molar-refractivity contribution in [1.29, 1.82) is 0 Å². The summed E-state index contributed by atoms with van der Waals surface area (Å²) in [5.74, 6) is 6.56. The molecule has 108 valence electrons. The second-order valence-corrected chi connectivity index (χ2v) is 6.17. The van der Waals surface area contributed by atoms with Gasteiger partial charge in [0.2, 0.25) is 10.0 Å². The number of hydrazine groups is 1. The average molecular weight is 295 g/mol. The quantitative estimate of drug-likeness (QED) is 0.578. The Morgan fingerprint density at radius 1 is 1.15 bits per heavy atom. The van der Waals surface area contributed by atoms with Crippen LogP contribution >= 0.6 is 0 Å². The maximum Gasteiger partial charge on any atom is 0.241 e. The maximum atomic E-state index is 12.2. The monoisotopic (exact) mass is 295 g/mol. The minimum absolute atomic E-state index is 0.173. The molecule has 0 aliphatic rings. The van der Waals surface area contributed by atoms with Gasteiger partial charge in [-0.05, 0) is 50.2 Å². The lowest BCUT2D eigenvalue weighted by atomic mass is 10.3. The molecule has 4 N–H and O–H groups in total. The Hall–Kier alpha value is -1.83. The summed E-state index contributed by atoms with van der Waals surface area (Å²) < 4.78 is 32.4. The molecule has 0 bridgehead atoms. The topological polar surface area (TPSA) is 97.4 Å². The molecule has 1 unspecified atom stereocenters. The number of furan rings is 1. The van der Waals surface area contributed by atoms with Gasteiger partial charge in [0.05, 0.1) is 10.9 Å². The van der Waals surface area contributed by atoms with Gasteiger partial charge in [-0.1, -0.05) is 0 Å². The first-order valence-corrected chi connectivity index (χ1v) is 7.56. The van der Waals surface area contributed by atoms with E-state index in [0.717, 1.165) is 5.76 Å². The molecule has 0 spiro atoms. The number of sulfonamides is 1. The number of nitrogen functional groups attached to an aromatic ring is 1. The lowest BCUT2D eigenvalue weighted by Crippen LogP contribution is -2.26. The second-order valence-electron chi connectivity index (χ2n) is 4.46. The number of nitrogens with two attached hydrogens (primary N) is 1. The van der Waals surface area contributed by atoms with E-state index < -0.39 is 16.1 Å². The number of benzene rings is 1. The zero-order valence-electron chi connectivity index (χ0n) is 11.3. The number of nitrogens with one attached hydrogen (secondary N) is 2. The molecule has 0 saturated carbocycles. The van der Waals surface area contributed by atoms with Gasteiger partial charge in [0, 0.05) is 5.69 Å². The smallest absolute Gasteiger partial charge is 0.241 e. The molecule has 1 aromatic carbocycles. The molecular weight excluding hydrogens is 278 g/mol. The summed E-state index contributed by atoms with van der Waals surface area (Å²) in [5, 5.41) is 0. The Kier molecular flexibility index (Phi) is 4.12. The van der Waals surface area contributed by atoms with Crippen LogP contribution in [0.4, 0.5) is 5.69 Å². The fraction of sp³-hybridized carbons (Fsp3) is 0.231. The highest BCUT2D eigenvalue weighted by Crippen LogP contribution is 2.19. The SMILES string of the molecule is Cc1ccc(C(C)NS(=O)(=O)c2ccc(NN)cc2)o1. The van der Waals surface area contributed by atoms with E-state index in [0.29, 0.717) is 11.4 Å². The summed E-state index contributed by atoms with van der Waals surface area (Å²) in [6.07, 6.45) is 0. The Bertz CT molecular complexity index is 677. The highest BCUT2D eigenvalue weighted by atomic mass is 32.2. The lowest BCUT2D eigenvalue weighted by Gasteiger charge is -2.12. The van der Waals surface area contributed by atoms with E-state index in [1.165, 1.54) is 12.1 Å². The summed E-state index contributed by atoms with van der Waals surface area (Å²) in [5.41, 5.74) is 3.08. The van der Waals surface area contributed by atoms with Crippen LogP contribution < -0.4 is 16.0 Å². The van der Waals surface area contributed by atoms with Crippen LogP contribution in [0, 0.1) is 6.92 Å². The largest absolute Gasteiger partial charge is 0.465 e. The number of hydrogen-bond acceptors (Lipinski definition) is 5. The van der Waals surface area contributed by atoms with Crippen LogP contribution in [0.3, 0.4) is 0 Å². The normalized spacial score (nSPS) is 13.2. The number of anilines is 1. The van der Waals surface area contributed by atoms with Crippen molar-refractivity contribution in [2.45, 2.75) is 24.8 Å². The summed E-state index contributed by atoms with van der Waals surface area (Å²) >= 11 is 0. The van der Waals surface area contributed by atoms with Gasteiger partial charge in [0.25, 0.3) is 0 Å². The van der Waals surface area contributed by atoms with Crippen LogP contribution in [-0.4, -0.2) is 8.42 Å². The highest BCUT2D eigenvalue weighted by Gasteiger charge is 2.20. The first kappa shape index (κ1) is 14.6. The third-order valence-electron chi connectivity index (χ3n) is 2.85. The van der Waals surface area contributed by atoms with E-state index in [4.69, 9.17) is 10.3 Å². The van der Waals surface area contributed by atoms with E-state index in [1.807, 2.05) is 6.92 Å². The zero-order valence-corrected chi connectivity index (χ0v) is 12.1. The molecule has 2 rings (SSSR count). The lowest BCUT2D eigenvalue weighted by molar-refractivity contribution is 0.441. The first-order chi connectivity index (χ1) is 9.42. The molecule has 6 nitrogen and oxygen atoms in total. The predicted octanol–water partition coefficient (Wildman–Crippen LogP) is 1.91. The summed E-state index contributed by atoms with van der Waals surface area (Å²) in [4.78, 5) is 0.173. The number of hydrogen-bond donors (Lipinski definition) is 3. The Balaban J connectivity index is 2.17. The fourth-order valence-corrected chi connectivity index (χ4v) is 2.99. The van der Waals surface area contributed by atoms with E-state index in [2.05, 4.69) is 10.1 Å². The molecule has 2 aromatic rings. The van der Waals surface area contributed by atoms with Gasteiger partial charge in [0.15, 0.2) is 0 Å². The summed E-state index contributed by atoms with van der Waals surface area (Å²) in [6.45, 7) is 3.54. The minimum Gasteiger partial charge on any atom is -0.465 e. The van der Waals surface area contributed by atoms with Crippen molar-refractivity contribution in [3.8, 4) is 0 Å². The maximum absolute atomic E-state index is 12.2. The summed E-state index contributed by atoms with van der Waals surface area (Å²) in [7, 11) is -3.60. The highest BCUT2D eigenvalue weighted by molar-refractivity contribution is 7.89. The second kappa shape index (κ2) is 5.66. The van der Waals surface area contributed by atoms with Crippen molar-refractivity contribution in [2.75, 3.05) is 5.43 Å². The molecule has 7 heteroatoms. The zero-order chi connectivity index (χ0) is 14.8. The standard InChI is InChI=1S/C13H17N3O3S/c1-9-3-8-13(19-9)10(2)16-20(17,18)12-6-4-11(15-14)5-7-12/h3-8,10,15-16H,14H2,1-2H3. The molecule has 0 fully saturated rings. The fourth-order valence-electron chi connectivity index (χ4n) is 1.78. The van der Waals surface area contributed by atoms with Crippen molar-refractivity contribution in [3.63, 3.8) is 0 Å². The van der Waals surface area contributed by atoms with E-state index >= 15 is 0 Å². The van der Waals surface area contributed by atoms with Crippen LogP contribution in [0.5, 0.6) is 0 Å². The van der Waals surface area contributed by atoms with Crippen LogP contribution in [-0.2, 0) is 10.0 Å². The molecule has 0 amide bonds. The van der Waals surface area contributed by atoms with Crippen LogP contribution in [0.15, 0.2) is 45.7 Å². The Morgan fingerprint density at radius 3 is 2.30 bits per heavy atom. The van der Waals surface area contributed by atoms with Crippen molar-refractivity contribution < 1.29 is 12.8 Å². The molecule has 1 atom stereocenters. The average Bonchev–Trinajstić information content (AvgIpc) is 2.85. The van der Waals surface area contributed by atoms with E-state index in [-0.39, 0.29) is 4.90 Å².